The second-order valence-corrected chi connectivity index (χ2v) is 25.6. The first kappa shape index (κ1) is 55.4. The Morgan fingerprint density at radius 2 is 0.435 bits per heavy atom. The van der Waals surface area contributed by atoms with E-state index in [0.717, 1.165) is 185 Å². The zero-order valence-electron chi connectivity index (χ0n) is 52.6. The van der Waals surface area contributed by atoms with E-state index in [1.54, 1.807) is 0 Å². The Kier molecular flexibility index (Phi) is 13.6. The van der Waals surface area contributed by atoms with Gasteiger partial charge in [-0.3, -0.25) is 0 Å². The van der Waals surface area contributed by atoms with Gasteiger partial charge in [0.05, 0.1) is 44.8 Å². The molecular weight excluding hydrogens is 1110 g/mol. The van der Waals surface area contributed by atoms with Crippen LogP contribution < -0.4 is 0 Å². The third-order valence-electron chi connectivity index (χ3n) is 19.7. The van der Waals surface area contributed by atoms with Crippen molar-refractivity contribution in [1.29, 1.82) is 0 Å². The molecule has 2 N–H and O–H groups in total. The largest absolute Gasteiger partial charge is 0.353 e. The number of hydrogen-bond donors (Lipinski definition) is 2. The molecule has 12 aromatic carbocycles. The van der Waals surface area contributed by atoms with Crippen LogP contribution in [0.15, 0.2) is 243 Å². The lowest BCUT2D eigenvalue weighted by atomic mass is 9.90. The van der Waals surface area contributed by atoms with E-state index in [2.05, 4.69) is 280 Å². The van der Waals surface area contributed by atoms with Crippen LogP contribution in [0.3, 0.4) is 0 Å². The predicted molar refractivity (Wildman–Crippen MR) is 393 cm³/mol. The van der Waals surface area contributed by atoms with E-state index < -0.39 is 0 Å². The molecule has 0 unspecified atom stereocenters. The molecule has 4 heteroatoms. The average molecular weight is 1180 g/mol. The smallest absolute Gasteiger partial charge is 0.0816 e. The minimum absolute atomic E-state index is 0.927. The van der Waals surface area contributed by atoms with Gasteiger partial charge in [0.25, 0.3) is 0 Å². The molecule has 92 heavy (non-hydrogen) atoms. The van der Waals surface area contributed by atoms with Gasteiger partial charge in [-0.05, 0) is 162 Å². The van der Waals surface area contributed by atoms with Gasteiger partial charge >= 0.3 is 0 Å². The van der Waals surface area contributed by atoms with E-state index in [1.165, 1.54) is 65.3 Å². The predicted octanol–water partition coefficient (Wildman–Crippen LogP) is 24.4. The zero-order valence-corrected chi connectivity index (χ0v) is 52.6. The number of rotatable bonds is 12. The second kappa shape index (κ2) is 22.7. The SMILES string of the molecule is CCCc1ccc(-c2c3nc(c(-c4ccc(CCC)cc4)c4[nH]c(c(-c5ccc(CCC)cc5)c5nc(c(-c6ccc(CCC)cc6)c6[nH]c2c2cc7ccccc7cc62)-c2cc6ccccc6cc2-5)c2cc5ccccc5cc42)-c2cc4ccccc4cc2-3)cc1. The molecule has 4 nitrogen and oxygen atoms in total. The minimum atomic E-state index is 0.927. The van der Waals surface area contributed by atoms with E-state index in [-0.39, 0.29) is 0 Å². The summed E-state index contributed by atoms with van der Waals surface area (Å²) in [6, 6.07) is 92.4. The highest BCUT2D eigenvalue weighted by atomic mass is 14.8. The summed E-state index contributed by atoms with van der Waals surface area (Å²) in [7, 11) is 0. The average Bonchev–Trinajstić information content (AvgIpc) is 1.56. The normalized spacial score (nSPS) is 12.0. The maximum atomic E-state index is 6.34. The van der Waals surface area contributed by atoms with Crippen molar-refractivity contribution in [2.75, 3.05) is 0 Å². The molecule has 0 radical (unpaired) electrons. The first-order valence-corrected chi connectivity index (χ1v) is 33.4. The van der Waals surface area contributed by atoms with Crippen molar-refractivity contribution in [2.24, 2.45) is 0 Å². The highest BCUT2D eigenvalue weighted by Gasteiger charge is 2.31. The Morgan fingerprint density at radius 1 is 0.239 bits per heavy atom. The Morgan fingerprint density at radius 3 is 0.630 bits per heavy atom. The molecule has 442 valence electrons. The fourth-order valence-corrected chi connectivity index (χ4v) is 15.2. The number of nitrogens with zero attached hydrogens (tertiary/aromatic N) is 2. The van der Waals surface area contributed by atoms with Crippen LogP contribution in [0, 0.1) is 0 Å². The molecule has 2 aromatic heterocycles. The number of fused-ring (bicyclic) bond motifs is 4. The Balaban J connectivity index is 1.20. The van der Waals surface area contributed by atoms with Crippen LogP contribution in [0.1, 0.15) is 75.6 Å². The maximum Gasteiger partial charge on any atom is 0.0816 e. The molecule has 3 aliphatic rings. The van der Waals surface area contributed by atoms with Crippen LogP contribution in [0.5, 0.6) is 0 Å². The molecule has 4 heterocycles. The van der Waals surface area contributed by atoms with Crippen molar-refractivity contribution >= 4 is 86.7 Å². The second-order valence-electron chi connectivity index (χ2n) is 25.6. The molecule has 0 fully saturated rings. The first-order valence-electron chi connectivity index (χ1n) is 33.4. The van der Waals surface area contributed by atoms with Crippen molar-refractivity contribution < 1.29 is 0 Å². The number of aromatic amines is 2. The van der Waals surface area contributed by atoms with E-state index in [9.17, 15) is 0 Å². The molecule has 0 amide bonds. The monoisotopic (exact) mass is 1180 g/mol. The van der Waals surface area contributed by atoms with Crippen LogP contribution in [0.4, 0.5) is 0 Å². The summed E-state index contributed by atoms with van der Waals surface area (Å²) >= 11 is 0. The van der Waals surface area contributed by atoms with Gasteiger partial charge in [-0.1, -0.05) is 248 Å². The molecular formula is C88H70N4. The molecule has 1 aliphatic carbocycles. The molecule has 0 spiro atoms. The van der Waals surface area contributed by atoms with Gasteiger partial charge in [0.15, 0.2) is 0 Å². The first-order chi connectivity index (χ1) is 45.4. The molecule has 8 bridgehead atoms. The van der Waals surface area contributed by atoms with Crippen molar-refractivity contribution in [3.8, 4) is 89.5 Å². The van der Waals surface area contributed by atoms with E-state index >= 15 is 0 Å². The summed E-state index contributed by atoms with van der Waals surface area (Å²) in [5.41, 5.74) is 26.0. The number of hydrogen-bond acceptors (Lipinski definition) is 2. The minimum Gasteiger partial charge on any atom is -0.353 e. The van der Waals surface area contributed by atoms with Crippen LogP contribution in [-0.2, 0) is 25.7 Å². The highest BCUT2D eigenvalue weighted by molar-refractivity contribution is 6.25. The summed E-state index contributed by atoms with van der Waals surface area (Å²) in [6.45, 7) is 9.07. The van der Waals surface area contributed by atoms with Gasteiger partial charge in [0.1, 0.15) is 0 Å². The van der Waals surface area contributed by atoms with Crippen molar-refractivity contribution in [1.82, 2.24) is 19.9 Å². The Hall–Kier alpha value is -10.7. The zero-order chi connectivity index (χ0) is 61.6. The standard InChI is InChI=1S/C88H70N4/c1-5-17-53-29-37-57(38-30-53)77-81-69-45-61-21-9-11-23-63(61)47-71(69)83(89-81)78(58-39-31-54(18-6-2)32-40-58)85-73-49-65-25-13-15-27-67(65)51-75(73)87(91-85)80(60-43-35-56(20-8-4)36-44-60)88-76-52-68-28-16-14-26-66(68)50-74(76)86(92-88)79(59-41-33-55(19-7-3)34-42-59)84-72-48-64-24-12-10-22-62(64)46-70(72)82(77)90-84/h9-16,21-52,89,92H,5-8,17-20H2,1-4H3. The van der Waals surface area contributed by atoms with Gasteiger partial charge in [0.2, 0.25) is 0 Å². The highest BCUT2D eigenvalue weighted by Crippen LogP contribution is 2.54. The topological polar surface area (TPSA) is 57.4 Å². The van der Waals surface area contributed by atoms with Gasteiger partial charge < -0.3 is 9.97 Å². The summed E-state index contributed by atoms with van der Waals surface area (Å²) in [5.74, 6) is 0. The number of aryl methyl sites for hydroxylation is 4. The molecule has 2 aliphatic heterocycles. The molecule has 0 atom stereocenters. The van der Waals surface area contributed by atoms with E-state index in [1.807, 2.05) is 0 Å². The summed E-state index contributed by atoms with van der Waals surface area (Å²) in [4.78, 5) is 21.5. The third-order valence-corrected chi connectivity index (χ3v) is 19.7. The maximum absolute atomic E-state index is 6.34. The van der Waals surface area contributed by atoms with Crippen molar-refractivity contribution in [3.63, 3.8) is 0 Å². The van der Waals surface area contributed by atoms with Crippen LogP contribution in [0.2, 0.25) is 0 Å². The van der Waals surface area contributed by atoms with Crippen LogP contribution in [0.25, 0.3) is 176 Å². The van der Waals surface area contributed by atoms with Gasteiger partial charge in [-0.2, -0.15) is 0 Å². The number of aromatic nitrogens is 4. The lowest BCUT2D eigenvalue weighted by Gasteiger charge is -2.11. The van der Waals surface area contributed by atoms with Crippen molar-refractivity contribution in [3.05, 3.63) is 265 Å². The number of benzene rings is 12. The number of H-pyrrole nitrogens is 2. The Labute approximate surface area is 537 Å². The lowest BCUT2D eigenvalue weighted by molar-refractivity contribution is 0.922. The quantitative estimate of drug-likeness (QED) is 0.128. The van der Waals surface area contributed by atoms with Crippen LogP contribution in [-0.4, -0.2) is 19.9 Å². The van der Waals surface area contributed by atoms with E-state index in [0.29, 0.717) is 0 Å². The van der Waals surface area contributed by atoms with Gasteiger partial charge in [0, 0.05) is 66.1 Å². The fraction of sp³-hybridized carbons (Fsp3) is 0.136. The van der Waals surface area contributed by atoms with Crippen molar-refractivity contribution in [2.45, 2.75) is 79.1 Å². The van der Waals surface area contributed by atoms with Gasteiger partial charge in [-0.25, -0.2) is 9.97 Å². The van der Waals surface area contributed by atoms with Crippen LogP contribution >= 0.6 is 0 Å². The lowest BCUT2D eigenvalue weighted by Crippen LogP contribution is -1.90. The molecule has 0 saturated heterocycles. The van der Waals surface area contributed by atoms with E-state index in [4.69, 9.17) is 9.97 Å². The molecule has 14 aromatic rings. The summed E-state index contributed by atoms with van der Waals surface area (Å²) in [5, 5.41) is 13.8. The van der Waals surface area contributed by atoms with Gasteiger partial charge in [-0.15, -0.1) is 0 Å². The fourth-order valence-electron chi connectivity index (χ4n) is 15.2. The third kappa shape index (κ3) is 9.25. The molecule has 17 rings (SSSR count). The number of nitrogens with one attached hydrogen (secondary N) is 2. The Bertz CT molecular complexity index is 4950. The molecule has 0 saturated carbocycles. The summed E-state index contributed by atoms with van der Waals surface area (Å²) < 4.78 is 0. The summed E-state index contributed by atoms with van der Waals surface area (Å²) in [6.07, 6.45) is 8.24.